The van der Waals surface area contributed by atoms with Crippen LogP contribution in [0.4, 0.5) is 24.7 Å². The van der Waals surface area contributed by atoms with Crippen LogP contribution in [0.1, 0.15) is 53.6 Å². The number of halogens is 3. The molecule has 2 bridgehead atoms. The Morgan fingerprint density at radius 1 is 1.14 bits per heavy atom. The number of hydrogen-bond donors (Lipinski definition) is 2. The molecule has 4 saturated heterocycles. The van der Waals surface area contributed by atoms with Gasteiger partial charge in [0.15, 0.2) is 5.82 Å². The summed E-state index contributed by atoms with van der Waals surface area (Å²) in [4.78, 5) is 32.1. The molecular weight excluding hydrogens is 724 g/mol. The quantitative estimate of drug-likeness (QED) is 0.0934. The number of esters is 1. The standard InChI is InChI=1S/C42H38F3N7O4/c1-3-26-28(44)10-8-22-14-25(56-40(53)32-21(2)6-4-7-29(32)46)15-27(33(22)26)36-35(45)37-34-38(52-18-24-9-11-30(47-24)31(52)19-54-39(34)48-36)50-41(49-37)55-20-42-12-5-13-51(42)17-23(43)16-42/h1,4,6-8,10,14-15,23-24,30-31,47H,5,9,11-13,16-20,46H2,2H3/t23-,24-,30+,31-,42+/m1/s1. The van der Waals surface area contributed by atoms with Crippen molar-refractivity contribution in [3.63, 3.8) is 0 Å². The van der Waals surface area contributed by atoms with Crippen molar-refractivity contribution in [1.82, 2.24) is 25.2 Å². The molecule has 0 aliphatic carbocycles. The number of carbonyl (C=O) groups excluding carboxylic acids is 1. The van der Waals surface area contributed by atoms with Gasteiger partial charge in [0, 0.05) is 48.2 Å². The third-order valence-electron chi connectivity index (χ3n) is 12.3. The van der Waals surface area contributed by atoms with E-state index in [0.29, 0.717) is 36.3 Å². The number of pyridine rings is 1. The fraction of sp³-hybridized carbons (Fsp3) is 0.381. The SMILES string of the molecule is C#Cc1c(F)ccc2cc(OC(=O)c3c(C)cccc3N)cc(-c3nc4c5c(nc(OC[C@@]67CCCN6C[C@H](F)C7)nc5c3F)N3C[C@H]5CC[C@H](N5)[C@H]3CO4)c12. The second-order valence-electron chi connectivity index (χ2n) is 15.6. The first kappa shape index (κ1) is 34.8. The van der Waals surface area contributed by atoms with Crippen LogP contribution in [0.3, 0.4) is 0 Å². The van der Waals surface area contributed by atoms with Gasteiger partial charge in [0.05, 0.1) is 22.7 Å². The molecule has 10 rings (SSSR count). The fourth-order valence-corrected chi connectivity index (χ4v) is 9.74. The number of rotatable bonds is 6. The van der Waals surface area contributed by atoms with Gasteiger partial charge in [-0.1, -0.05) is 24.1 Å². The molecule has 3 aromatic carbocycles. The number of anilines is 2. The van der Waals surface area contributed by atoms with Crippen LogP contribution in [0.5, 0.6) is 17.6 Å². The third-order valence-corrected chi connectivity index (χ3v) is 12.3. The van der Waals surface area contributed by atoms with Crippen molar-refractivity contribution in [3.05, 3.63) is 70.8 Å². The highest BCUT2D eigenvalue weighted by atomic mass is 19.1. The Balaban J connectivity index is 1.16. The molecular formula is C42H38F3N7O4. The highest BCUT2D eigenvalue weighted by molar-refractivity contribution is 6.05. The van der Waals surface area contributed by atoms with Gasteiger partial charge in [-0.15, -0.1) is 6.42 Å². The van der Waals surface area contributed by atoms with Gasteiger partial charge in [-0.2, -0.15) is 9.97 Å². The van der Waals surface area contributed by atoms with Crippen LogP contribution in [0.15, 0.2) is 42.5 Å². The lowest BCUT2D eigenvalue weighted by atomic mass is 9.95. The number of benzene rings is 3. The molecule has 5 aliphatic heterocycles. The molecule has 0 amide bonds. The van der Waals surface area contributed by atoms with Crippen LogP contribution in [0, 0.1) is 30.9 Å². The Morgan fingerprint density at radius 2 is 2.02 bits per heavy atom. The summed E-state index contributed by atoms with van der Waals surface area (Å²) in [6.07, 6.45) is 8.87. The number of fused-ring (bicyclic) bond motifs is 7. The zero-order chi connectivity index (χ0) is 38.5. The average Bonchev–Trinajstić information content (AvgIpc) is 3.81. The van der Waals surface area contributed by atoms with Gasteiger partial charge in [-0.25, -0.2) is 22.9 Å². The zero-order valence-corrected chi connectivity index (χ0v) is 30.6. The second-order valence-corrected chi connectivity index (χ2v) is 15.6. The monoisotopic (exact) mass is 761 g/mol. The lowest BCUT2D eigenvalue weighted by Gasteiger charge is -2.40. The van der Waals surface area contributed by atoms with Gasteiger partial charge >= 0.3 is 12.0 Å². The first-order valence-corrected chi connectivity index (χ1v) is 19.0. The van der Waals surface area contributed by atoms with E-state index in [2.05, 4.69) is 26.0 Å². The number of aryl methyl sites for hydroxylation is 1. The minimum absolute atomic E-state index is 0.0255. The number of nitrogens with two attached hydrogens (primary N) is 1. The molecule has 286 valence electrons. The zero-order valence-electron chi connectivity index (χ0n) is 30.6. The van der Waals surface area contributed by atoms with Gasteiger partial charge in [0.25, 0.3) is 0 Å². The molecule has 0 unspecified atom stereocenters. The summed E-state index contributed by atoms with van der Waals surface area (Å²) in [6, 6.07) is 10.8. The van der Waals surface area contributed by atoms with E-state index in [1.807, 2.05) is 0 Å². The Kier molecular flexibility index (Phi) is 8.06. The predicted molar refractivity (Wildman–Crippen MR) is 204 cm³/mol. The second kappa shape index (κ2) is 13.0. The smallest absolute Gasteiger partial charge is 0.345 e. The van der Waals surface area contributed by atoms with Crippen molar-refractivity contribution in [2.45, 2.75) is 68.9 Å². The number of carbonyl (C=O) groups is 1. The highest BCUT2D eigenvalue weighted by Crippen LogP contribution is 2.46. The third kappa shape index (κ3) is 5.43. The first-order chi connectivity index (χ1) is 27.1. The summed E-state index contributed by atoms with van der Waals surface area (Å²) in [6.45, 7) is 3.84. The summed E-state index contributed by atoms with van der Waals surface area (Å²) in [5.41, 5.74) is 6.24. The fourth-order valence-electron chi connectivity index (χ4n) is 9.74. The number of nitrogens with zero attached hydrogens (tertiary/aromatic N) is 5. The molecule has 2 aromatic heterocycles. The largest absolute Gasteiger partial charge is 0.475 e. The number of ether oxygens (including phenoxy) is 3. The molecule has 56 heavy (non-hydrogen) atoms. The lowest BCUT2D eigenvalue weighted by Crippen LogP contribution is -2.60. The number of piperazine rings is 1. The van der Waals surface area contributed by atoms with E-state index in [-0.39, 0.29) is 93.3 Å². The van der Waals surface area contributed by atoms with Crippen LogP contribution < -0.4 is 30.2 Å². The molecule has 0 spiro atoms. The van der Waals surface area contributed by atoms with Crippen molar-refractivity contribution >= 4 is 39.1 Å². The van der Waals surface area contributed by atoms with Crippen molar-refractivity contribution < 1.29 is 32.2 Å². The number of hydrogen-bond acceptors (Lipinski definition) is 11. The van der Waals surface area contributed by atoms with E-state index in [1.165, 1.54) is 24.3 Å². The van der Waals surface area contributed by atoms with E-state index in [0.717, 1.165) is 32.2 Å². The molecule has 5 atom stereocenters. The van der Waals surface area contributed by atoms with Gasteiger partial charge in [-0.05, 0) is 74.4 Å². The summed E-state index contributed by atoms with van der Waals surface area (Å²) >= 11 is 0. The van der Waals surface area contributed by atoms with Crippen molar-refractivity contribution in [2.75, 3.05) is 43.5 Å². The minimum atomic E-state index is -0.958. The average molecular weight is 762 g/mol. The topological polar surface area (TPSA) is 128 Å². The van der Waals surface area contributed by atoms with Crippen molar-refractivity contribution in [3.8, 4) is 41.2 Å². The summed E-state index contributed by atoms with van der Waals surface area (Å²) in [5, 5.41) is 4.51. The Morgan fingerprint density at radius 3 is 2.86 bits per heavy atom. The Hall–Kier alpha value is -5.65. The van der Waals surface area contributed by atoms with E-state index < -0.39 is 29.3 Å². The van der Waals surface area contributed by atoms with E-state index >= 15 is 8.78 Å². The van der Waals surface area contributed by atoms with Crippen LogP contribution >= 0.6 is 0 Å². The molecule has 3 N–H and O–H groups in total. The minimum Gasteiger partial charge on any atom is -0.475 e. The number of nitrogen functional groups attached to an aromatic ring is 1. The molecule has 0 radical (unpaired) electrons. The van der Waals surface area contributed by atoms with Crippen LogP contribution in [-0.2, 0) is 0 Å². The van der Waals surface area contributed by atoms with Gasteiger partial charge in [-0.3, -0.25) is 4.90 Å². The number of alkyl halides is 1. The Bertz CT molecular complexity index is 2510. The normalized spacial score (nSPS) is 25.1. The number of nitrogens with one attached hydrogen (secondary N) is 1. The molecule has 11 nitrogen and oxygen atoms in total. The number of aromatic nitrogens is 3. The number of terminal acetylenes is 1. The van der Waals surface area contributed by atoms with E-state index in [4.69, 9.17) is 36.3 Å². The summed E-state index contributed by atoms with van der Waals surface area (Å²) in [5.74, 6) is 0.680. The summed E-state index contributed by atoms with van der Waals surface area (Å²) < 4.78 is 66.4. The van der Waals surface area contributed by atoms with Crippen LogP contribution in [0.2, 0.25) is 0 Å². The van der Waals surface area contributed by atoms with E-state index in [9.17, 15) is 9.18 Å². The maximum atomic E-state index is 17.6. The van der Waals surface area contributed by atoms with Gasteiger partial charge in [0.1, 0.15) is 53.4 Å². The maximum Gasteiger partial charge on any atom is 0.345 e. The summed E-state index contributed by atoms with van der Waals surface area (Å²) in [7, 11) is 0. The molecule has 7 heterocycles. The first-order valence-electron chi connectivity index (χ1n) is 19.0. The molecule has 5 aromatic rings. The van der Waals surface area contributed by atoms with Crippen LogP contribution in [0.25, 0.3) is 32.9 Å². The molecule has 0 saturated carbocycles. The molecule has 4 fully saturated rings. The van der Waals surface area contributed by atoms with Crippen molar-refractivity contribution in [1.29, 1.82) is 0 Å². The highest BCUT2D eigenvalue weighted by Gasteiger charge is 2.50. The molecule has 5 aliphatic rings. The van der Waals surface area contributed by atoms with E-state index in [1.54, 1.807) is 25.1 Å². The predicted octanol–water partition coefficient (Wildman–Crippen LogP) is 5.87. The maximum absolute atomic E-state index is 17.6. The van der Waals surface area contributed by atoms with Crippen LogP contribution in [-0.4, -0.2) is 88.5 Å². The lowest BCUT2D eigenvalue weighted by molar-refractivity contribution is 0.0735. The van der Waals surface area contributed by atoms with Gasteiger partial charge in [0.2, 0.25) is 5.88 Å². The van der Waals surface area contributed by atoms with Gasteiger partial charge < -0.3 is 30.2 Å². The molecule has 14 heteroatoms. The van der Waals surface area contributed by atoms with Crippen molar-refractivity contribution in [2.24, 2.45) is 0 Å². The Labute approximate surface area is 320 Å².